The molecule has 0 saturated carbocycles. The van der Waals surface area contributed by atoms with Crippen LogP contribution in [0.2, 0.25) is 0 Å². The van der Waals surface area contributed by atoms with Gasteiger partial charge < -0.3 is 15.1 Å². The molecule has 1 unspecified atom stereocenters. The topological polar surface area (TPSA) is 48.5 Å². The van der Waals surface area contributed by atoms with E-state index in [4.69, 9.17) is 0 Å². The third-order valence-electron chi connectivity index (χ3n) is 3.81. The maximum absolute atomic E-state index is 11.8. The molecule has 5 heteroatoms. The fourth-order valence-corrected chi connectivity index (χ4v) is 2.77. The molecule has 2 aliphatic rings. The van der Waals surface area contributed by atoms with Crippen molar-refractivity contribution < 1.29 is 4.79 Å². The molecule has 1 saturated heterocycles. The molecule has 96 valence electrons. The number of nitrogens with one attached hydrogen (secondary N) is 1. The minimum Gasteiger partial charge on any atom is -0.366 e. The van der Waals surface area contributed by atoms with Gasteiger partial charge >= 0.3 is 0 Å². The number of hydrogen-bond donors (Lipinski definition) is 1. The number of rotatable bonds is 2. The van der Waals surface area contributed by atoms with Gasteiger partial charge in [0.25, 0.3) is 5.91 Å². The first kappa shape index (κ1) is 11.3. The second-order valence-electron chi connectivity index (χ2n) is 4.90. The Morgan fingerprint density at radius 3 is 3.17 bits per heavy atom. The zero-order chi connectivity index (χ0) is 12.7. The summed E-state index contributed by atoms with van der Waals surface area (Å²) < 4.78 is 0. The molecule has 3 rings (SSSR count). The Morgan fingerprint density at radius 1 is 1.56 bits per heavy atom. The molecule has 3 heterocycles. The van der Waals surface area contributed by atoms with Crippen LogP contribution in [0.5, 0.6) is 0 Å². The van der Waals surface area contributed by atoms with Crippen LogP contribution in [0.4, 0.5) is 11.5 Å². The Labute approximate surface area is 107 Å². The zero-order valence-electron chi connectivity index (χ0n) is 10.8. The summed E-state index contributed by atoms with van der Waals surface area (Å²) in [5, 5.41) is 2.79. The highest BCUT2D eigenvalue weighted by atomic mass is 16.1. The molecule has 2 bridgehead atoms. The summed E-state index contributed by atoms with van der Waals surface area (Å²) in [4.78, 5) is 20.9. The van der Waals surface area contributed by atoms with Gasteiger partial charge in [0.2, 0.25) is 0 Å². The zero-order valence-corrected chi connectivity index (χ0v) is 10.8. The predicted octanol–water partition coefficient (Wildman–Crippen LogP) is 0.860. The average molecular weight is 246 g/mol. The van der Waals surface area contributed by atoms with Crippen LogP contribution in [-0.2, 0) is 0 Å². The molecule has 1 aromatic rings. The van der Waals surface area contributed by atoms with Gasteiger partial charge in [0.05, 0.1) is 5.69 Å². The smallest absolute Gasteiger partial charge is 0.269 e. The molecule has 1 fully saturated rings. The van der Waals surface area contributed by atoms with Crippen molar-refractivity contribution in [3.8, 4) is 0 Å². The molecule has 1 atom stereocenters. The number of nitrogens with zero attached hydrogens (tertiary/aromatic N) is 3. The third kappa shape index (κ3) is 1.62. The van der Waals surface area contributed by atoms with Gasteiger partial charge in [-0.3, -0.25) is 4.79 Å². The fourth-order valence-electron chi connectivity index (χ4n) is 2.77. The third-order valence-corrected chi connectivity index (χ3v) is 3.81. The molecule has 2 aliphatic heterocycles. The van der Waals surface area contributed by atoms with Gasteiger partial charge in [-0.1, -0.05) is 0 Å². The van der Waals surface area contributed by atoms with Crippen LogP contribution in [0.3, 0.4) is 0 Å². The lowest BCUT2D eigenvalue weighted by Crippen LogP contribution is -2.40. The van der Waals surface area contributed by atoms with Gasteiger partial charge in [-0.05, 0) is 25.5 Å². The van der Waals surface area contributed by atoms with Gasteiger partial charge in [0, 0.05) is 32.7 Å². The van der Waals surface area contributed by atoms with Gasteiger partial charge in [0.1, 0.15) is 5.69 Å². The largest absolute Gasteiger partial charge is 0.366 e. The van der Waals surface area contributed by atoms with Crippen molar-refractivity contribution in [1.82, 2.24) is 10.3 Å². The van der Waals surface area contributed by atoms with Crippen molar-refractivity contribution in [3.63, 3.8) is 0 Å². The molecule has 1 N–H and O–H groups in total. The van der Waals surface area contributed by atoms with Crippen molar-refractivity contribution in [2.45, 2.75) is 19.4 Å². The number of amides is 1. The number of pyridine rings is 1. The number of anilines is 2. The van der Waals surface area contributed by atoms with E-state index in [-0.39, 0.29) is 5.91 Å². The molecule has 0 aliphatic carbocycles. The lowest BCUT2D eigenvalue weighted by atomic mass is 10.2. The Morgan fingerprint density at radius 2 is 2.39 bits per heavy atom. The minimum absolute atomic E-state index is 0.0957. The number of likely N-dealkylation sites (N-methyl/N-ethyl adjacent to an activating group) is 1. The Bertz CT molecular complexity index is 488. The van der Waals surface area contributed by atoms with Gasteiger partial charge in [-0.15, -0.1) is 0 Å². The summed E-state index contributed by atoms with van der Waals surface area (Å²) >= 11 is 0. The second-order valence-corrected chi connectivity index (χ2v) is 4.90. The van der Waals surface area contributed by atoms with E-state index in [9.17, 15) is 4.79 Å². The summed E-state index contributed by atoms with van der Waals surface area (Å²) in [6.45, 7) is 4.70. The Balaban J connectivity index is 1.98. The van der Waals surface area contributed by atoms with Gasteiger partial charge in [0.15, 0.2) is 5.82 Å². The van der Waals surface area contributed by atoms with E-state index < -0.39 is 0 Å². The standard InChI is InChI=1S/C13H18N4O/c1-3-14-13(18)10-4-5-11-12(15-10)16(2)9-6-7-17(11)8-9/h4-5,9H,3,6-8H2,1-2H3,(H,14,18). The summed E-state index contributed by atoms with van der Waals surface area (Å²) in [6.07, 6.45) is 1.17. The number of aromatic nitrogens is 1. The highest BCUT2D eigenvalue weighted by Gasteiger charge is 2.35. The maximum Gasteiger partial charge on any atom is 0.269 e. The van der Waals surface area contributed by atoms with Crippen LogP contribution in [0.25, 0.3) is 0 Å². The van der Waals surface area contributed by atoms with E-state index in [2.05, 4.69) is 27.1 Å². The quantitative estimate of drug-likeness (QED) is 0.841. The Kier molecular flexibility index (Phi) is 2.61. The van der Waals surface area contributed by atoms with Gasteiger partial charge in [-0.25, -0.2) is 4.98 Å². The summed E-state index contributed by atoms with van der Waals surface area (Å²) in [5.74, 6) is 0.842. The van der Waals surface area contributed by atoms with Crippen LogP contribution in [0, 0.1) is 0 Å². The number of hydrogen-bond acceptors (Lipinski definition) is 4. The van der Waals surface area contributed by atoms with Crippen molar-refractivity contribution in [2.24, 2.45) is 0 Å². The van der Waals surface area contributed by atoms with Crippen LogP contribution in [-0.4, -0.2) is 43.6 Å². The fraction of sp³-hybridized carbons (Fsp3) is 0.538. The highest BCUT2D eigenvalue weighted by molar-refractivity contribution is 5.93. The molecular weight excluding hydrogens is 228 g/mol. The Hall–Kier alpha value is -1.78. The van der Waals surface area contributed by atoms with Gasteiger partial charge in [-0.2, -0.15) is 0 Å². The van der Waals surface area contributed by atoms with E-state index in [0.29, 0.717) is 18.3 Å². The number of fused-ring (bicyclic) bond motifs is 4. The molecular formula is C13H18N4O. The van der Waals surface area contributed by atoms with Crippen molar-refractivity contribution in [3.05, 3.63) is 17.8 Å². The lowest BCUT2D eigenvalue weighted by molar-refractivity contribution is 0.0951. The monoisotopic (exact) mass is 246 g/mol. The summed E-state index contributed by atoms with van der Waals surface area (Å²) in [7, 11) is 2.07. The number of carbonyl (C=O) groups is 1. The normalized spacial score (nSPS) is 20.9. The van der Waals surface area contributed by atoms with Crippen LogP contribution < -0.4 is 15.1 Å². The number of carbonyl (C=O) groups excluding carboxylic acids is 1. The molecule has 0 radical (unpaired) electrons. The average Bonchev–Trinajstić information content (AvgIpc) is 2.82. The van der Waals surface area contributed by atoms with Crippen LogP contribution in [0.1, 0.15) is 23.8 Å². The molecule has 1 aromatic heterocycles. The molecule has 0 spiro atoms. The van der Waals surface area contributed by atoms with Crippen LogP contribution in [0.15, 0.2) is 12.1 Å². The first-order valence-electron chi connectivity index (χ1n) is 6.47. The van der Waals surface area contributed by atoms with E-state index in [1.807, 2.05) is 19.1 Å². The minimum atomic E-state index is -0.0957. The first-order chi connectivity index (χ1) is 8.70. The highest BCUT2D eigenvalue weighted by Crippen LogP contribution is 2.37. The SMILES string of the molecule is CCNC(=O)c1ccc2c(n1)N(C)C1CCN2C1. The van der Waals surface area contributed by atoms with Crippen molar-refractivity contribution in [2.75, 3.05) is 36.5 Å². The van der Waals surface area contributed by atoms with E-state index in [1.165, 1.54) is 6.42 Å². The predicted molar refractivity (Wildman–Crippen MR) is 71.3 cm³/mol. The molecule has 0 aromatic carbocycles. The van der Waals surface area contributed by atoms with E-state index in [1.54, 1.807) is 0 Å². The lowest BCUT2D eigenvalue weighted by Gasteiger charge is -2.34. The van der Waals surface area contributed by atoms with Crippen molar-refractivity contribution >= 4 is 17.4 Å². The van der Waals surface area contributed by atoms with E-state index in [0.717, 1.165) is 24.6 Å². The summed E-state index contributed by atoms with van der Waals surface area (Å²) in [6, 6.07) is 4.37. The first-order valence-corrected chi connectivity index (χ1v) is 6.47. The molecule has 1 amide bonds. The molecule has 18 heavy (non-hydrogen) atoms. The van der Waals surface area contributed by atoms with Crippen molar-refractivity contribution in [1.29, 1.82) is 0 Å². The maximum atomic E-state index is 11.8. The summed E-state index contributed by atoms with van der Waals surface area (Å²) in [5.41, 5.74) is 1.66. The van der Waals surface area contributed by atoms with E-state index >= 15 is 0 Å². The van der Waals surface area contributed by atoms with Crippen LogP contribution >= 0.6 is 0 Å². The second kappa shape index (κ2) is 4.15. The molecule has 5 nitrogen and oxygen atoms in total.